The van der Waals surface area contributed by atoms with Crippen LogP contribution in [0.3, 0.4) is 0 Å². The fraction of sp³-hybridized carbons (Fsp3) is 0.750. The number of rotatable bonds is 2. The summed E-state index contributed by atoms with van der Waals surface area (Å²) < 4.78 is 5.49. The summed E-state index contributed by atoms with van der Waals surface area (Å²) in [4.78, 5) is 12.0. The smallest absolute Gasteiger partial charge is 0.187 e. The summed E-state index contributed by atoms with van der Waals surface area (Å²) in [5.74, 6) is 0.667. The number of Topliss-reactive ketones (excluding diaryl/α,β-unsaturated/α-hetero) is 1. The number of ketones is 1. The summed E-state index contributed by atoms with van der Waals surface area (Å²) in [5.41, 5.74) is 1.02. The second kappa shape index (κ2) is 4.26. The number of ether oxygens (including phenoxy) is 1. The molecule has 14 heavy (non-hydrogen) atoms. The zero-order chi connectivity index (χ0) is 9.97. The van der Waals surface area contributed by atoms with Crippen molar-refractivity contribution in [1.29, 1.82) is 0 Å². The van der Waals surface area contributed by atoms with E-state index >= 15 is 0 Å². The van der Waals surface area contributed by atoms with E-state index in [1.807, 2.05) is 0 Å². The van der Waals surface area contributed by atoms with Crippen molar-refractivity contribution >= 4 is 5.78 Å². The average Bonchev–Trinajstić information content (AvgIpc) is 2.65. The Bertz CT molecular complexity index is 255. The first-order chi connectivity index (χ1) is 6.79. The summed E-state index contributed by atoms with van der Waals surface area (Å²) in [6, 6.07) is 0. The molecule has 0 amide bonds. The molecule has 2 nitrogen and oxygen atoms in total. The number of hydrogen-bond donors (Lipinski definition) is 0. The number of carbonyl (C=O) groups excluding carboxylic acids is 1. The molecule has 2 unspecified atom stereocenters. The van der Waals surface area contributed by atoms with Gasteiger partial charge in [-0.25, -0.2) is 0 Å². The van der Waals surface area contributed by atoms with E-state index < -0.39 is 0 Å². The van der Waals surface area contributed by atoms with Gasteiger partial charge < -0.3 is 4.74 Å². The van der Waals surface area contributed by atoms with Gasteiger partial charge in [0.25, 0.3) is 0 Å². The van der Waals surface area contributed by atoms with Crippen LogP contribution in [-0.2, 0) is 9.53 Å². The van der Waals surface area contributed by atoms with Gasteiger partial charge in [0, 0.05) is 6.61 Å². The van der Waals surface area contributed by atoms with Gasteiger partial charge in [-0.3, -0.25) is 4.79 Å². The Morgan fingerprint density at radius 3 is 2.93 bits per heavy atom. The fourth-order valence-corrected chi connectivity index (χ4v) is 2.28. The Hall–Kier alpha value is -0.630. The third kappa shape index (κ3) is 1.90. The maximum absolute atomic E-state index is 12.0. The lowest BCUT2D eigenvalue weighted by Crippen LogP contribution is -2.27. The first kappa shape index (κ1) is 9.91. The van der Waals surface area contributed by atoms with Crippen LogP contribution < -0.4 is 0 Å². The highest BCUT2D eigenvalue weighted by atomic mass is 16.5. The number of carbonyl (C=O) groups is 1. The Kier molecular flexibility index (Phi) is 3.02. The maximum Gasteiger partial charge on any atom is 0.187 e. The molecule has 78 valence electrons. The predicted octanol–water partition coefficient (Wildman–Crippen LogP) is 2.48. The summed E-state index contributed by atoms with van der Waals surface area (Å²) >= 11 is 0. The molecule has 1 heterocycles. The largest absolute Gasteiger partial charge is 0.370 e. The molecule has 1 aliphatic heterocycles. The fourth-order valence-electron chi connectivity index (χ4n) is 2.28. The molecule has 0 aromatic heterocycles. The highest BCUT2D eigenvalue weighted by Crippen LogP contribution is 2.27. The minimum atomic E-state index is -0.139. The highest BCUT2D eigenvalue weighted by molar-refractivity contribution is 5.99. The highest BCUT2D eigenvalue weighted by Gasteiger charge is 2.32. The monoisotopic (exact) mass is 194 g/mol. The van der Waals surface area contributed by atoms with Gasteiger partial charge in [0.2, 0.25) is 0 Å². The zero-order valence-corrected chi connectivity index (χ0v) is 8.79. The predicted molar refractivity (Wildman–Crippen MR) is 55.1 cm³/mol. The second-order valence-corrected chi connectivity index (χ2v) is 4.40. The Morgan fingerprint density at radius 2 is 2.36 bits per heavy atom. The van der Waals surface area contributed by atoms with Crippen molar-refractivity contribution in [3.8, 4) is 0 Å². The number of hydrogen-bond acceptors (Lipinski definition) is 2. The van der Waals surface area contributed by atoms with Crippen molar-refractivity contribution in [2.75, 3.05) is 6.61 Å². The SMILES string of the molecule is CC1CCOC1C(=O)C1=CCCCC1. The van der Waals surface area contributed by atoms with E-state index in [9.17, 15) is 4.79 Å². The lowest BCUT2D eigenvalue weighted by Gasteiger charge is -2.17. The van der Waals surface area contributed by atoms with Crippen molar-refractivity contribution in [3.05, 3.63) is 11.6 Å². The Labute approximate surface area is 85.3 Å². The van der Waals surface area contributed by atoms with E-state index in [-0.39, 0.29) is 11.9 Å². The third-order valence-corrected chi connectivity index (χ3v) is 3.25. The molecule has 2 atom stereocenters. The molecule has 0 radical (unpaired) electrons. The molecule has 0 bridgehead atoms. The minimum absolute atomic E-state index is 0.139. The van der Waals surface area contributed by atoms with Crippen LogP contribution in [0.1, 0.15) is 39.0 Å². The Balaban J connectivity index is 2.03. The Morgan fingerprint density at radius 1 is 1.50 bits per heavy atom. The van der Waals surface area contributed by atoms with Crippen molar-refractivity contribution in [1.82, 2.24) is 0 Å². The van der Waals surface area contributed by atoms with Crippen LogP contribution in [0.5, 0.6) is 0 Å². The second-order valence-electron chi connectivity index (χ2n) is 4.40. The summed E-state index contributed by atoms with van der Waals surface area (Å²) in [6.07, 6.45) is 7.44. The molecule has 0 aromatic rings. The molecule has 2 rings (SSSR count). The van der Waals surface area contributed by atoms with Crippen LogP contribution in [-0.4, -0.2) is 18.5 Å². The van der Waals surface area contributed by atoms with Crippen LogP contribution in [0.2, 0.25) is 0 Å². The molecule has 2 heteroatoms. The molecule has 0 aromatic carbocycles. The van der Waals surface area contributed by atoms with Crippen molar-refractivity contribution in [3.63, 3.8) is 0 Å². The average molecular weight is 194 g/mol. The van der Waals surface area contributed by atoms with Crippen LogP contribution in [0, 0.1) is 5.92 Å². The molecule has 0 saturated carbocycles. The van der Waals surface area contributed by atoms with Gasteiger partial charge in [-0.2, -0.15) is 0 Å². The quantitative estimate of drug-likeness (QED) is 0.675. The van der Waals surface area contributed by atoms with E-state index in [2.05, 4.69) is 13.0 Å². The summed E-state index contributed by atoms with van der Waals surface area (Å²) in [5, 5.41) is 0. The van der Waals surface area contributed by atoms with E-state index in [0.717, 1.165) is 31.4 Å². The van der Waals surface area contributed by atoms with Gasteiger partial charge >= 0.3 is 0 Å². The molecular formula is C12H18O2. The van der Waals surface area contributed by atoms with Gasteiger partial charge in [0.05, 0.1) is 0 Å². The molecule has 1 fully saturated rings. The first-order valence-corrected chi connectivity index (χ1v) is 5.64. The molecular weight excluding hydrogens is 176 g/mol. The molecule has 1 aliphatic carbocycles. The van der Waals surface area contributed by atoms with Gasteiger partial charge in [-0.15, -0.1) is 0 Å². The van der Waals surface area contributed by atoms with Gasteiger partial charge in [0.1, 0.15) is 6.10 Å². The molecule has 0 spiro atoms. The van der Waals surface area contributed by atoms with E-state index in [4.69, 9.17) is 4.74 Å². The van der Waals surface area contributed by atoms with Gasteiger partial charge in [-0.1, -0.05) is 13.0 Å². The van der Waals surface area contributed by atoms with E-state index in [1.54, 1.807) is 0 Å². The third-order valence-electron chi connectivity index (χ3n) is 3.25. The van der Waals surface area contributed by atoms with E-state index in [1.165, 1.54) is 12.8 Å². The molecule has 2 aliphatic rings. The van der Waals surface area contributed by atoms with Crippen LogP contribution >= 0.6 is 0 Å². The van der Waals surface area contributed by atoms with Crippen LogP contribution in [0.25, 0.3) is 0 Å². The summed E-state index contributed by atoms with van der Waals surface area (Å²) in [6.45, 7) is 2.86. The summed E-state index contributed by atoms with van der Waals surface area (Å²) in [7, 11) is 0. The van der Waals surface area contributed by atoms with Crippen LogP contribution in [0.15, 0.2) is 11.6 Å². The topological polar surface area (TPSA) is 26.3 Å². The lowest BCUT2D eigenvalue weighted by molar-refractivity contribution is -0.125. The molecule has 0 N–H and O–H groups in total. The maximum atomic E-state index is 12.0. The van der Waals surface area contributed by atoms with E-state index in [0.29, 0.717) is 5.92 Å². The lowest BCUT2D eigenvalue weighted by atomic mass is 9.90. The minimum Gasteiger partial charge on any atom is -0.370 e. The van der Waals surface area contributed by atoms with Crippen LogP contribution in [0.4, 0.5) is 0 Å². The molecule has 1 saturated heterocycles. The standard InChI is InChI=1S/C12H18O2/c1-9-7-8-14-12(9)11(13)10-5-3-2-4-6-10/h5,9,12H,2-4,6-8H2,1H3. The normalized spacial score (nSPS) is 32.8. The van der Waals surface area contributed by atoms with Gasteiger partial charge in [0.15, 0.2) is 5.78 Å². The van der Waals surface area contributed by atoms with Crippen molar-refractivity contribution in [2.45, 2.75) is 45.1 Å². The first-order valence-electron chi connectivity index (χ1n) is 5.64. The number of allylic oxidation sites excluding steroid dienone is 1. The van der Waals surface area contributed by atoms with Crippen molar-refractivity contribution in [2.24, 2.45) is 5.92 Å². The zero-order valence-electron chi connectivity index (χ0n) is 8.79. The van der Waals surface area contributed by atoms with Crippen molar-refractivity contribution < 1.29 is 9.53 Å². The van der Waals surface area contributed by atoms with Gasteiger partial charge in [-0.05, 0) is 43.6 Å².